The number of fused-ring (bicyclic) bond motifs is 1. The van der Waals surface area contributed by atoms with Gasteiger partial charge in [0.2, 0.25) is 0 Å². The number of methoxy groups -OCH3 is 1. The SMILES string of the molecule is CO[C@H]1[C@@H](S)O[C@@H]2COC(c3ccccc3)O[C@@H]2C1(c1cncc(C#N)c1)n1cc(-c2cc(F)c(F)c(F)c2)nn1. The van der Waals surface area contributed by atoms with E-state index in [-0.39, 0.29) is 23.4 Å². The topological polar surface area (TPSA) is 104 Å². The molecule has 4 heterocycles. The van der Waals surface area contributed by atoms with Crippen molar-refractivity contribution >= 4 is 12.6 Å². The molecule has 6 atom stereocenters. The van der Waals surface area contributed by atoms with Crippen LogP contribution < -0.4 is 0 Å². The second-order valence-corrected chi connectivity index (χ2v) is 10.1. The van der Waals surface area contributed by atoms with Crippen LogP contribution in [0.1, 0.15) is 23.0 Å². The van der Waals surface area contributed by atoms with Crippen LogP contribution in [0.2, 0.25) is 0 Å². The Morgan fingerprint density at radius 3 is 2.56 bits per heavy atom. The van der Waals surface area contributed by atoms with Gasteiger partial charge in [-0.05, 0) is 18.2 Å². The predicted molar refractivity (Wildman–Crippen MR) is 140 cm³/mol. The maximum Gasteiger partial charge on any atom is 0.194 e. The van der Waals surface area contributed by atoms with Gasteiger partial charge in [-0.1, -0.05) is 35.5 Å². The Hall–Kier alpha value is -3.80. The monoisotopic (exact) mass is 581 g/mol. The number of ether oxygens (including phenoxy) is 4. The number of nitriles is 1. The van der Waals surface area contributed by atoms with E-state index < -0.39 is 53.0 Å². The van der Waals surface area contributed by atoms with Crippen molar-refractivity contribution < 1.29 is 32.1 Å². The van der Waals surface area contributed by atoms with Crippen molar-refractivity contribution in [2.45, 2.75) is 35.6 Å². The summed E-state index contributed by atoms with van der Waals surface area (Å²) in [6, 6.07) is 14.7. The summed E-state index contributed by atoms with van der Waals surface area (Å²) in [6.45, 7) is 0.112. The third-order valence-electron chi connectivity index (χ3n) is 7.27. The smallest absolute Gasteiger partial charge is 0.194 e. The lowest BCUT2D eigenvalue weighted by Crippen LogP contribution is -2.70. The average molecular weight is 582 g/mol. The molecule has 0 saturated carbocycles. The van der Waals surface area contributed by atoms with Crippen LogP contribution in [0.25, 0.3) is 11.3 Å². The van der Waals surface area contributed by atoms with Crippen molar-refractivity contribution in [3.8, 4) is 17.3 Å². The number of halogens is 3. The number of benzene rings is 2. The van der Waals surface area contributed by atoms with Crippen molar-refractivity contribution in [2.24, 2.45) is 0 Å². The molecule has 2 aliphatic heterocycles. The molecule has 0 bridgehead atoms. The maximum atomic E-state index is 14.1. The normalized spacial score (nSPS) is 27.7. The van der Waals surface area contributed by atoms with Gasteiger partial charge in [-0.25, -0.2) is 17.9 Å². The van der Waals surface area contributed by atoms with E-state index in [4.69, 9.17) is 18.9 Å². The summed E-state index contributed by atoms with van der Waals surface area (Å²) in [7, 11) is 1.46. The third-order valence-corrected chi connectivity index (χ3v) is 7.66. The highest BCUT2D eigenvalue weighted by molar-refractivity contribution is 7.80. The molecule has 0 N–H and O–H groups in total. The summed E-state index contributed by atoms with van der Waals surface area (Å²) >= 11 is 4.68. The zero-order valence-electron chi connectivity index (χ0n) is 21.4. The quantitative estimate of drug-likeness (QED) is 0.277. The molecule has 2 aromatic heterocycles. The molecule has 41 heavy (non-hydrogen) atoms. The standard InChI is InChI=1S/C28H22F3N5O4S/c1-37-25-27(41)39-22-14-38-26(16-5-3-2-4-6-16)40-24(22)28(25,18-7-15(10-32)11-33-12-18)36-13-21(34-35-36)17-8-19(29)23(31)20(30)9-17/h2-9,11-13,22,24-27,41H,14H2,1H3/t22-,24+,25+,26?,27-,28?/m1/s1. The second-order valence-electron chi connectivity index (χ2n) is 9.56. The Morgan fingerprint density at radius 1 is 1.10 bits per heavy atom. The number of thiol groups is 1. The first-order valence-corrected chi connectivity index (χ1v) is 13.0. The van der Waals surface area contributed by atoms with Gasteiger partial charge in [-0.2, -0.15) is 5.26 Å². The van der Waals surface area contributed by atoms with Gasteiger partial charge < -0.3 is 18.9 Å². The van der Waals surface area contributed by atoms with Crippen molar-refractivity contribution in [3.05, 3.63) is 101 Å². The molecular weight excluding hydrogens is 559 g/mol. The zero-order chi connectivity index (χ0) is 28.7. The largest absolute Gasteiger partial charge is 0.375 e. The van der Waals surface area contributed by atoms with E-state index in [1.807, 2.05) is 30.3 Å². The molecule has 2 saturated heterocycles. The molecule has 210 valence electrons. The average Bonchev–Trinajstić information content (AvgIpc) is 3.50. The molecule has 0 amide bonds. The Kier molecular flexibility index (Phi) is 7.27. The highest BCUT2D eigenvalue weighted by atomic mass is 32.1. The zero-order valence-corrected chi connectivity index (χ0v) is 22.3. The molecule has 6 rings (SSSR count). The summed E-state index contributed by atoms with van der Waals surface area (Å²) < 4.78 is 68.1. The van der Waals surface area contributed by atoms with Crippen LogP contribution >= 0.6 is 12.6 Å². The lowest BCUT2D eigenvalue weighted by Gasteiger charge is -2.55. The predicted octanol–water partition coefficient (Wildman–Crippen LogP) is 4.16. The van der Waals surface area contributed by atoms with Crippen LogP contribution in [-0.4, -0.2) is 57.4 Å². The summed E-state index contributed by atoms with van der Waals surface area (Å²) in [4.78, 5) is 4.27. The molecule has 4 aromatic rings. The van der Waals surface area contributed by atoms with E-state index in [1.165, 1.54) is 24.2 Å². The van der Waals surface area contributed by atoms with Crippen molar-refractivity contribution in [1.82, 2.24) is 20.0 Å². The minimum Gasteiger partial charge on any atom is -0.375 e. The first kappa shape index (κ1) is 27.4. The number of hydrogen-bond acceptors (Lipinski definition) is 9. The number of hydrogen-bond donors (Lipinski definition) is 1. The van der Waals surface area contributed by atoms with E-state index in [1.54, 1.807) is 12.3 Å². The summed E-state index contributed by atoms with van der Waals surface area (Å²) in [5.41, 5.74) is -0.799. The molecule has 0 radical (unpaired) electrons. The van der Waals surface area contributed by atoms with Crippen LogP contribution in [0.5, 0.6) is 0 Å². The van der Waals surface area contributed by atoms with E-state index in [9.17, 15) is 18.4 Å². The van der Waals surface area contributed by atoms with Crippen molar-refractivity contribution in [1.29, 1.82) is 5.26 Å². The van der Waals surface area contributed by atoms with Crippen LogP contribution in [-0.2, 0) is 24.5 Å². The van der Waals surface area contributed by atoms with Gasteiger partial charge in [0.25, 0.3) is 0 Å². The first-order chi connectivity index (χ1) is 19.9. The molecule has 9 nitrogen and oxygen atoms in total. The van der Waals surface area contributed by atoms with Crippen LogP contribution in [0, 0.1) is 28.8 Å². The molecule has 2 unspecified atom stereocenters. The Balaban J connectivity index is 1.57. The number of pyridine rings is 1. The highest BCUT2D eigenvalue weighted by Crippen LogP contribution is 2.48. The van der Waals surface area contributed by atoms with E-state index >= 15 is 0 Å². The summed E-state index contributed by atoms with van der Waals surface area (Å²) in [5.74, 6) is -4.33. The Labute approximate surface area is 237 Å². The Morgan fingerprint density at radius 2 is 1.85 bits per heavy atom. The minimum absolute atomic E-state index is 0.0400. The first-order valence-electron chi connectivity index (χ1n) is 12.5. The van der Waals surface area contributed by atoms with E-state index in [0.717, 1.165) is 17.7 Å². The van der Waals surface area contributed by atoms with Crippen LogP contribution in [0.3, 0.4) is 0 Å². The summed E-state index contributed by atoms with van der Waals surface area (Å²) in [5, 5.41) is 18.2. The van der Waals surface area contributed by atoms with Gasteiger partial charge in [0.05, 0.1) is 18.4 Å². The van der Waals surface area contributed by atoms with E-state index in [2.05, 4.69) is 34.0 Å². The maximum absolute atomic E-state index is 14.1. The fraction of sp³-hybridized carbons (Fsp3) is 0.286. The molecule has 0 spiro atoms. The van der Waals surface area contributed by atoms with E-state index in [0.29, 0.717) is 5.56 Å². The third kappa shape index (κ3) is 4.58. The van der Waals surface area contributed by atoms with Gasteiger partial charge in [-0.3, -0.25) is 4.98 Å². The van der Waals surface area contributed by atoms with Crippen molar-refractivity contribution in [2.75, 3.05) is 13.7 Å². The Bertz CT molecular complexity index is 1600. The molecular formula is C28H22F3N5O4S. The van der Waals surface area contributed by atoms with Gasteiger partial charge in [0, 0.05) is 36.2 Å². The number of rotatable bonds is 5. The van der Waals surface area contributed by atoms with Gasteiger partial charge in [0.1, 0.15) is 41.0 Å². The molecule has 0 aliphatic carbocycles. The molecule has 13 heteroatoms. The second kappa shape index (κ2) is 10.9. The van der Waals surface area contributed by atoms with Gasteiger partial charge in [0.15, 0.2) is 23.7 Å². The van der Waals surface area contributed by atoms with Crippen LogP contribution in [0.15, 0.2) is 67.1 Å². The number of nitrogens with zero attached hydrogens (tertiary/aromatic N) is 5. The molecule has 2 aromatic carbocycles. The van der Waals surface area contributed by atoms with Gasteiger partial charge in [-0.15, -0.1) is 17.7 Å². The fourth-order valence-electron chi connectivity index (χ4n) is 5.46. The minimum atomic E-state index is -1.59. The molecule has 2 fully saturated rings. The molecule has 2 aliphatic rings. The lowest BCUT2D eigenvalue weighted by molar-refractivity contribution is -0.323. The van der Waals surface area contributed by atoms with Crippen LogP contribution in [0.4, 0.5) is 13.2 Å². The summed E-state index contributed by atoms with van der Waals surface area (Å²) in [6.07, 6.45) is 1.12. The lowest BCUT2D eigenvalue weighted by atomic mass is 9.75. The fourth-order valence-corrected chi connectivity index (χ4v) is 5.97. The highest BCUT2D eigenvalue weighted by Gasteiger charge is 2.62. The van der Waals surface area contributed by atoms with Crippen molar-refractivity contribution in [3.63, 3.8) is 0 Å². The van der Waals surface area contributed by atoms with Gasteiger partial charge >= 0.3 is 0 Å². The number of aromatic nitrogens is 4.